The van der Waals surface area contributed by atoms with Gasteiger partial charge in [-0.15, -0.1) is 0 Å². The molecule has 58 valence electrons. The molecule has 0 aromatic carbocycles. The number of allylic oxidation sites excluding steroid dienone is 2. The molecule has 0 atom stereocenters. The molecule has 0 aliphatic heterocycles. The van der Waals surface area contributed by atoms with Crippen LogP contribution < -0.4 is 0 Å². The summed E-state index contributed by atoms with van der Waals surface area (Å²) in [4.78, 5) is 10.3. The van der Waals surface area contributed by atoms with E-state index in [0.717, 1.165) is 13.8 Å². The number of carbonyl (C=O) groups excluding carboxylic acids is 1. The van der Waals surface area contributed by atoms with Crippen LogP contribution in [0.5, 0.6) is 0 Å². The van der Waals surface area contributed by atoms with E-state index in [2.05, 4.69) is 0 Å². The number of hydrogen-bond donors (Lipinski definition) is 0. The first-order chi connectivity index (χ1) is 4.33. The maximum atomic E-state index is 11.4. The molecule has 0 bridgehead atoms. The first-order valence-corrected chi connectivity index (χ1v) is 2.60. The van der Waals surface area contributed by atoms with Crippen LogP contribution in [0.25, 0.3) is 0 Å². The van der Waals surface area contributed by atoms with E-state index in [1.807, 2.05) is 0 Å². The van der Waals surface area contributed by atoms with Gasteiger partial charge < -0.3 is 0 Å². The lowest BCUT2D eigenvalue weighted by Gasteiger charge is -1.99. The molecule has 0 saturated carbocycles. The molecular formula is C6H7F3O. The van der Waals surface area contributed by atoms with Gasteiger partial charge in [-0.1, -0.05) is 0 Å². The second-order valence-electron chi connectivity index (χ2n) is 1.93. The summed E-state index contributed by atoms with van der Waals surface area (Å²) in [5.74, 6) is -0.558. The molecule has 4 heteroatoms. The fourth-order valence-electron chi connectivity index (χ4n) is 0.347. The van der Waals surface area contributed by atoms with E-state index in [1.165, 1.54) is 0 Å². The van der Waals surface area contributed by atoms with Crippen LogP contribution in [0.4, 0.5) is 13.2 Å². The molecule has 0 fully saturated rings. The van der Waals surface area contributed by atoms with Crippen LogP contribution in [0, 0.1) is 0 Å². The van der Waals surface area contributed by atoms with Gasteiger partial charge in [0.15, 0.2) is 5.78 Å². The number of Topliss-reactive ketones (excluding diaryl/α,β-unsaturated/α-hetero) is 1. The largest absolute Gasteiger partial charge is 0.410 e. The Morgan fingerprint density at radius 1 is 1.30 bits per heavy atom. The van der Waals surface area contributed by atoms with Crippen molar-refractivity contribution >= 4 is 5.78 Å². The first kappa shape index (κ1) is 9.20. The van der Waals surface area contributed by atoms with Gasteiger partial charge in [-0.3, -0.25) is 4.79 Å². The molecule has 0 amide bonds. The van der Waals surface area contributed by atoms with E-state index in [-0.39, 0.29) is 11.6 Å². The highest BCUT2D eigenvalue weighted by molar-refractivity contribution is 5.92. The Morgan fingerprint density at radius 2 is 1.70 bits per heavy atom. The molecule has 0 aliphatic carbocycles. The van der Waals surface area contributed by atoms with E-state index in [9.17, 15) is 18.0 Å². The molecule has 0 radical (unpaired) electrons. The Kier molecular flexibility index (Phi) is 2.63. The van der Waals surface area contributed by atoms with E-state index in [0.29, 0.717) is 0 Å². The average molecular weight is 152 g/mol. The van der Waals surface area contributed by atoms with Crippen LogP contribution in [0.2, 0.25) is 0 Å². The van der Waals surface area contributed by atoms with E-state index in [1.54, 1.807) is 0 Å². The molecule has 0 rings (SSSR count). The SMILES string of the molecule is CC(=O)C(C)=CC(F)(F)F. The zero-order valence-corrected chi connectivity index (χ0v) is 5.62. The minimum Gasteiger partial charge on any atom is -0.295 e. The summed E-state index contributed by atoms with van der Waals surface area (Å²) in [6.45, 7) is 2.23. The molecule has 0 aliphatic rings. The summed E-state index contributed by atoms with van der Waals surface area (Å²) in [6.07, 6.45) is -4.38. The molecule has 0 saturated heterocycles. The van der Waals surface area contributed by atoms with Gasteiger partial charge in [-0.25, -0.2) is 0 Å². The molecule has 0 spiro atoms. The minimum absolute atomic E-state index is 0.00463. The van der Waals surface area contributed by atoms with E-state index >= 15 is 0 Å². The van der Waals surface area contributed by atoms with Crippen LogP contribution in [-0.2, 0) is 4.79 Å². The average Bonchev–Trinajstić information content (AvgIpc) is 1.60. The predicted octanol–water partition coefficient (Wildman–Crippen LogP) is 2.08. The lowest BCUT2D eigenvalue weighted by Crippen LogP contribution is -2.05. The van der Waals surface area contributed by atoms with Crippen molar-refractivity contribution in [3.05, 3.63) is 11.6 Å². The van der Waals surface area contributed by atoms with Gasteiger partial charge in [0.1, 0.15) is 0 Å². The normalized spacial score (nSPS) is 13.5. The zero-order valence-electron chi connectivity index (χ0n) is 5.62. The number of ketones is 1. The summed E-state index contributed by atoms with van der Waals surface area (Å²) >= 11 is 0. The quantitative estimate of drug-likeness (QED) is 0.526. The maximum absolute atomic E-state index is 11.4. The first-order valence-electron chi connectivity index (χ1n) is 2.60. The van der Waals surface area contributed by atoms with Gasteiger partial charge >= 0.3 is 6.18 Å². The van der Waals surface area contributed by atoms with Crippen molar-refractivity contribution in [1.82, 2.24) is 0 Å². The van der Waals surface area contributed by atoms with Gasteiger partial charge in [0, 0.05) is 6.08 Å². The minimum atomic E-state index is -4.38. The molecule has 0 unspecified atom stereocenters. The van der Waals surface area contributed by atoms with Gasteiger partial charge in [-0.2, -0.15) is 13.2 Å². The summed E-state index contributed by atoms with van der Waals surface area (Å²) < 4.78 is 34.3. The third-order valence-corrected chi connectivity index (χ3v) is 0.935. The van der Waals surface area contributed by atoms with Crippen molar-refractivity contribution in [3.63, 3.8) is 0 Å². The second kappa shape index (κ2) is 2.86. The summed E-state index contributed by atoms with van der Waals surface area (Å²) in [5.41, 5.74) is -0.271. The number of hydrogen-bond acceptors (Lipinski definition) is 1. The zero-order chi connectivity index (χ0) is 8.36. The molecule has 0 aromatic rings. The molecule has 0 aromatic heterocycles. The van der Waals surface area contributed by atoms with Crippen LogP contribution in [0.15, 0.2) is 11.6 Å². The predicted molar refractivity (Wildman–Crippen MR) is 30.5 cm³/mol. The van der Waals surface area contributed by atoms with E-state index < -0.39 is 12.0 Å². The Hall–Kier alpha value is -0.800. The van der Waals surface area contributed by atoms with Crippen molar-refractivity contribution in [2.45, 2.75) is 20.0 Å². The van der Waals surface area contributed by atoms with Gasteiger partial charge in [-0.05, 0) is 19.4 Å². The summed E-state index contributed by atoms with van der Waals surface area (Å²) in [6, 6.07) is 0. The third-order valence-electron chi connectivity index (χ3n) is 0.935. The number of rotatable bonds is 1. The molecule has 10 heavy (non-hydrogen) atoms. The Balaban J connectivity index is 4.32. The van der Waals surface area contributed by atoms with Crippen molar-refractivity contribution in [1.29, 1.82) is 0 Å². The Labute approximate surface area is 56.5 Å². The lowest BCUT2D eigenvalue weighted by molar-refractivity contribution is -0.114. The van der Waals surface area contributed by atoms with Crippen LogP contribution in [0.1, 0.15) is 13.8 Å². The Morgan fingerprint density at radius 3 is 1.80 bits per heavy atom. The van der Waals surface area contributed by atoms with Crippen molar-refractivity contribution < 1.29 is 18.0 Å². The van der Waals surface area contributed by atoms with Crippen molar-refractivity contribution in [2.75, 3.05) is 0 Å². The number of halogens is 3. The van der Waals surface area contributed by atoms with Crippen LogP contribution >= 0.6 is 0 Å². The highest BCUT2D eigenvalue weighted by Gasteiger charge is 2.24. The highest BCUT2D eigenvalue weighted by Crippen LogP contribution is 2.18. The second-order valence-corrected chi connectivity index (χ2v) is 1.93. The topological polar surface area (TPSA) is 17.1 Å². The number of alkyl halides is 3. The smallest absolute Gasteiger partial charge is 0.295 e. The maximum Gasteiger partial charge on any atom is 0.410 e. The van der Waals surface area contributed by atoms with Gasteiger partial charge in [0.2, 0.25) is 0 Å². The molecular weight excluding hydrogens is 145 g/mol. The fourth-order valence-corrected chi connectivity index (χ4v) is 0.347. The molecule has 0 heterocycles. The molecule has 1 nitrogen and oxygen atoms in total. The lowest BCUT2D eigenvalue weighted by atomic mass is 10.2. The number of carbonyl (C=O) groups is 1. The molecule has 0 N–H and O–H groups in total. The third kappa shape index (κ3) is 4.12. The van der Waals surface area contributed by atoms with Gasteiger partial charge in [0.05, 0.1) is 0 Å². The monoisotopic (exact) mass is 152 g/mol. The fraction of sp³-hybridized carbons (Fsp3) is 0.500. The van der Waals surface area contributed by atoms with Crippen LogP contribution in [0.3, 0.4) is 0 Å². The summed E-state index contributed by atoms with van der Waals surface area (Å²) in [7, 11) is 0. The van der Waals surface area contributed by atoms with Crippen LogP contribution in [-0.4, -0.2) is 12.0 Å². The van der Waals surface area contributed by atoms with Crippen molar-refractivity contribution in [2.24, 2.45) is 0 Å². The van der Waals surface area contributed by atoms with Crippen molar-refractivity contribution in [3.8, 4) is 0 Å². The highest BCUT2D eigenvalue weighted by atomic mass is 19.4. The Bertz CT molecular complexity index is 166. The standard InChI is InChI=1S/C6H7F3O/c1-4(5(2)10)3-6(7,8)9/h3H,1-2H3. The van der Waals surface area contributed by atoms with E-state index in [4.69, 9.17) is 0 Å². The van der Waals surface area contributed by atoms with Gasteiger partial charge in [0.25, 0.3) is 0 Å². The summed E-state index contributed by atoms with van der Waals surface area (Å²) in [5, 5.41) is 0.